The van der Waals surface area contributed by atoms with Gasteiger partial charge in [0.2, 0.25) is 5.91 Å². The number of carbonyl (C=O) groups excluding carboxylic acids is 2. The number of nitrogens with zero attached hydrogens (tertiary/aromatic N) is 2. The normalized spacial score (nSPS) is 10.6. The van der Waals surface area contributed by atoms with Crippen LogP contribution in [0.25, 0.3) is 0 Å². The summed E-state index contributed by atoms with van der Waals surface area (Å²) in [6, 6.07) is 10.0. The molecule has 2 rings (SSSR count). The van der Waals surface area contributed by atoms with E-state index in [4.69, 9.17) is 0 Å². The molecule has 2 amide bonds. The summed E-state index contributed by atoms with van der Waals surface area (Å²) >= 11 is 0. The summed E-state index contributed by atoms with van der Waals surface area (Å²) in [5.74, 6) is -0.469. The Labute approximate surface area is 152 Å². The molecule has 0 aliphatic carbocycles. The number of aryl methyl sites for hydroxylation is 1. The lowest BCUT2D eigenvalue weighted by Gasteiger charge is -2.09. The highest BCUT2D eigenvalue weighted by atomic mass is 16.2. The number of amides is 2. The van der Waals surface area contributed by atoms with Gasteiger partial charge in [-0.25, -0.2) is 4.68 Å². The molecule has 0 spiro atoms. The lowest BCUT2D eigenvalue weighted by atomic mass is 10.1. The molecule has 1 aromatic heterocycles. The summed E-state index contributed by atoms with van der Waals surface area (Å²) < 4.78 is 1.29. The van der Waals surface area contributed by atoms with E-state index in [1.165, 1.54) is 16.8 Å². The topological polar surface area (TPSA) is 93.1 Å². The molecule has 0 aliphatic heterocycles. The van der Waals surface area contributed by atoms with Gasteiger partial charge in [-0.1, -0.05) is 32.9 Å². The van der Waals surface area contributed by atoms with E-state index in [-0.39, 0.29) is 29.0 Å². The average Bonchev–Trinajstić information content (AvgIpc) is 2.62. The lowest BCUT2D eigenvalue weighted by molar-refractivity contribution is -0.118. The molecule has 7 heteroatoms. The van der Waals surface area contributed by atoms with Crippen LogP contribution < -0.4 is 16.2 Å². The Bertz CT molecular complexity index is 825. The Morgan fingerprint density at radius 1 is 1.12 bits per heavy atom. The molecule has 138 valence electrons. The van der Waals surface area contributed by atoms with Gasteiger partial charge in [-0.15, -0.1) is 0 Å². The van der Waals surface area contributed by atoms with Crippen LogP contribution >= 0.6 is 0 Å². The van der Waals surface area contributed by atoms with Gasteiger partial charge in [-0.3, -0.25) is 14.4 Å². The maximum Gasteiger partial charge on any atom is 0.271 e. The molecule has 0 aliphatic rings. The number of aromatic nitrogens is 2. The highest BCUT2D eigenvalue weighted by molar-refractivity contribution is 5.92. The monoisotopic (exact) mass is 356 g/mol. The Morgan fingerprint density at radius 3 is 2.42 bits per heavy atom. The van der Waals surface area contributed by atoms with E-state index in [2.05, 4.69) is 15.7 Å². The first-order valence-corrected chi connectivity index (χ1v) is 8.67. The van der Waals surface area contributed by atoms with Crippen LogP contribution in [0.15, 0.2) is 41.2 Å². The van der Waals surface area contributed by atoms with Gasteiger partial charge in [0.05, 0.1) is 0 Å². The first kappa shape index (κ1) is 19.4. The fourth-order valence-corrected chi connectivity index (χ4v) is 2.21. The number of hydrogen-bond donors (Lipinski definition) is 2. The van der Waals surface area contributed by atoms with Crippen molar-refractivity contribution in [1.29, 1.82) is 0 Å². The van der Waals surface area contributed by atoms with E-state index < -0.39 is 0 Å². The molecule has 1 aromatic carbocycles. The summed E-state index contributed by atoms with van der Waals surface area (Å²) in [6.45, 7) is 6.40. The molecule has 2 N–H and O–H groups in total. The Morgan fingerprint density at radius 2 is 1.81 bits per heavy atom. The van der Waals surface area contributed by atoms with Gasteiger partial charge >= 0.3 is 0 Å². The van der Waals surface area contributed by atoms with Crippen LogP contribution in [0.4, 0.5) is 5.69 Å². The highest BCUT2D eigenvalue weighted by Crippen LogP contribution is 2.11. The first-order valence-electron chi connectivity index (χ1n) is 8.67. The second kappa shape index (κ2) is 8.94. The summed E-state index contributed by atoms with van der Waals surface area (Å²) in [5, 5.41) is 9.67. The predicted molar refractivity (Wildman–Crippen MR) is 99.9 cm³/mol. The zero-order valence-corrected chi connectivity index (χ0v) is 15.3. The molecule has 0 saturated carbocycles. The molecule has 0 unspecified atom stereocenters. The summed E-state index contributed by atoms with van der Waals surface area (Å²) in [5.41, 5.74) is 1.59. The van der Waals surface area contributed by atoms with Gasteiger partial charge in [0.25, 0.3) is 11.5 Å². The van der Waals surface area contributed by atoms with Crippen LogP contribution in [0.1, 0.15) is 43.2 Å². The van der Waals surface area contributed by atoms with Crippen LogP contribution in [-0.2, 0) is 17.9 Å². The Kier molecular flexibility index (Phi) is 6.66. The number of rotatable bonds is 7. The van der Waals surface area contributed by atoms with Crippen molar-refractivity contribution in [3.8, 4) is 0 Å². The van der Waals surface area contributed by atoms with E-state index in [9.17, 15) is 14.4 Å². The van der Waals surface area contributed by atoms with E-state index >= 15 is 0 Å². The molecule has 2 aromatic rings. The highest BCUT2D eigenvalue weighted by Gasteiger charge is 2.10. The molecule has 7 nitrogen and oxygen atoms in total. The van der Waals surface area contributed by atoms with Crippen molar-refractivity contribution < 1.29 is 9.59 Å². The SMILES string of the molecule is CCCn1nc(C(=O)NCc2ccc(NC(=O)C(C)C)cc2)ccc1=O. The zero-order chi connectivity index (χ0) is 19.1. The largest absolute Gasteiger partial charge is 0.347 e. The third-order valence-corrected chi connectivity index (χ3v) is 3.73. The minimum Gasteiger partial charge on any atom is -0.347 e. The molecule has 0 radical (unpaired) electrons. The molecular formula is C19H24N4O3. The number of benzene rings is 1. The Hall–Kier alpha value is -2.96. The fourth-order valence-electron chi connectivity index (χ4n) is 2.21. The molecule has 26 heavy (non-hydrogen) atoms. The van der Waals surface area contributed by atoms with Gasteiger partial charge < -0.3 is 10.6 Å². The van der Waals surface area contributed by atoms with Crippen molar-refractivity contribution in [2.75, 3.05) is 5.32 Å². The van der Waals surface area contributed by atoms with E-state index in [1.807, 2.05) is 32.9 Å². The second-order valence-corrected chi connectivity index (χ2v) is 6.30. The van der Waals surface area contributed by atoms with Crippen molar-refractivity contribution in [3.05, 3.63) is 58.0 Å². The minimum absolute atomic E-state index is 0.0423. The van der Waals surface area contributed by atoms with Gasteiger partial charge in [-0.05, 0) is 30.2 Å². The van der Waals surface area contributed by atoms with Crippen molar-refractivity contribution in [2.24, 2.45) is 5.92 Å². The van der Waals surface area contributed by atoms with Gasteiger partial charge in [-0.2, -0.15) is 5.10 Å². The quantitative estimate of drug-likeness (QED) is 0.795. The molecule has 0 saturated heterocycles. The standard InChI is InChI=1S/C19H24N4O3/c1-4-11-23-17(24)10-9-16(22-23)19(26)20-12-14-5-7-15(8-6-14)21-18(25)13(2)3/h5-10,13H,4,11-12H2,1-3H3,(H,20,26)(H,21,25). The molecule has 0 fully saturated rings. The van der Waals surface area contributed by atoms with Crippen LogP contribution in [-0.4, -0.2) is 21.6 Å². The fraction of sp³-hybridized carbons (Fsp3) is 0.368. The lowest BCUT2D eigenvalue weighted by Crippen LogP contribution is -2.29. The minimum atomic E-state index is -0.341. The number of hydrogen-bond acceptors (Lipinski definition) is 4. The second-order valence-electron chi connectivity index (χ2n) is 6.30. The van der Waals surface area contributed by atoms with Gasteiger partial charge in [0, 0.05) is 30.8 Å². The zero-order valence-electron chi connectivity index (χ0n) is 15.3. The maximum atomic E-state index is 12.2. The van der Waals surface area contributed by atoms with Crippen molar-refractivity contribution in [2.45, 2.75) is 40.3 Å². The third kappa shape index (κ3) is 5.27. The van der Waals surface area contributed by atoms with Crippen molar-refractivity contribution in [1.82, 2.24) is 15.1 Å². The van der Waals surface area contributed by atoms with Crippen LogP contribution in [0.2, 0.25) is 0 Å². The maximum absolute atomic E-state index is 12.2. The van der Waals surface area contributed by atoms with Crippen molar-refractivity contribution >= 4 is 17.5 Å². The first-order chi connectivity index (χ1) is 12.4. The Balaban J connectivity index is 1.96. The van der Waals surface area contributed by atoms with Crippen LogP contribution in [0.3, 0.4) is 0 Å². The van der Waals surface area contributed by atoms with E-state index in [0.29, 0.717) is 18.8 Å². The molecular weight excluding hydrogens is 332 g/mol. The third-order valence-electron chi connectivity index (χ3n) is 3.73. The van der Waals surface area contributed by atoms with Crippen molar-refractivity contribution in [3.63, 3.8) is 0 Å². The summed E-state index contributed by atoms with van der Waals surface area (Å²) in [4.78, 5) is 35.5. The summed E-state index contributed by atoms with van der Waals surface area (Å²) in [7, 11) is 0. The number of anilines is 1. The van der Waals surface area contributed by atoms with Gasteiger partial charge in [0.15, 0.2) is 0 Å². The smallest absolute Gasteiger partial charge is 0.271 e. The number of carbonyl (C=O) groups is 2. The molecule has 1 heterocycles. The average molecular weight is 356 g/mol. The van der Waals surface area contributed by atoms with Crippen LogP contribution in [0.5, 0.6) is 0 Å². The van der Waals surface area contributed by atoms with Crippen LogP contribution in [0, 0.1) is 5.92 Å². The van der Waals surface area contributed by atoms with E-state index in [1.54, 1.807) is 12.1 Å². The molecule has 0 bridgehead atoms. The summed E-state index contributed by atoms with van der Waals surface area (Å²) in [6.07, 6.45) is 0.762. The van der Waals surface area contributed by atoms with Gasteiger partial charge in [0.1, 0.15) is 5.69 Å². The molecule has 0 atom stereocenters. The predicted octanol–water partition coefficient (Wildman–Crippen LogP) is 2.18. The van der Waals surface area contributed by atoms with E-state index in [0.717, 1.165) is 12.0 Å². The number of nitrogens with one attached hydrogen (secondary N) is 2.